The quantitative estimate of drug-likeness (QED) is 0.772. The van der Waals surface area contributed by atoms with Crippen molar-refractivity contribution in [3.8, 4) is 11.6 Å². The van der Waals surface area contributed by atoms with Gasteiger partial charge in [0, 0.05) is 16.7 Å². The van der Waals surface area contributed by atoms with Gasteiger partial charge in [-0.15, -0.1) is 0 Å². The van der Waals surface area contributed by atoms with Crippen molar-refractivity contribution < 1.29 is 13.5 Å². The van der Waals surface area contributed by atoms with E-state index in [2.05, 4.69) is 36.8 Å². The van der Waals surface area contributed by atoms with E-state index in [9.17, 15) is 8.78 Å². The minimum atomic E-state index is -0.776. The van der Waals surface area contributed by atoms with Crippen LogP contribution in [0.4, 0.5) is 8.78 Å². The molecule has 0 aliphatic heterocycles. The summed E-state index contributed by atoms with van der Waals surface area (Å²) in [7, 11) is 0. The number of benzene rings is 1. The van der Waals surface area contributed by atoms with Crippen LogP contribution in [-0.2, 0) is 0 Å². The van der Waals surface area contributed by atoms with Crippen molar-refractivity contribution in [3.63, 3.8) is 0 Å². The highest BCUT2D eigenvalue weighted by Gasteiger charge is 2.09. The number of hydrogen-bond acceptors (Lipinski definition) is 2. The summed E-state index contributed by atoms with van der Waals surface area (Å²) >= 11 is 6.46. The molecule has 0 saturated heterocycles. The number of pyridine rings is 1. The fourth-order valence-corrected chi connectivity index (χ4v) is 2.21. The molecule has 2 aromatic rings. The van der Waals surface area contributed by atoms with Crippen LogP contribution in [0.1, 0.15) is 0 Å². The Morgan fingerprint density at radius 1 is 1.12 bits per heavy atom. The summed E-state index contributed by atoms with van der Waals surface area (Å²) in [6.07, 6.45) is 1.52. The van der Waals surface area contributed by atoms with E-state index >= 15 is 0 Å². The molecule has 0 bridgehead atoms. The Hall–Kier alpha value is -1.01. The average molecular weight is 365 g/mol. The van der Waals surface area contributed by atoms with Crippen molar-refractivity contribution in [2.75, 3.05) is 0 Å². The molecular weight excluding hydrogens is 360 g/mol. The summed E-state index contributed by atoms with van der Waals surface area (Å²) in [6.45, 7) is 0. The summed E-state index contributed by atoms with van der Waals surface area (Å²) in [6, 6.07) is 4.79. The van der Waals surface area contributed by atoms with E-state index in [0.29, 0.717) is 4.47 Å². The lowest BCUT2D eigenvalue weighted by Crippen LogP contribution is -1.92. The van der Waals surface area contributed by atoms with E-state index in [1.807, 2.05) is 0 Å². The van der Waals surface area contributed by atoms with Crippen molar-refractivity contribution in [1.82, 2.24) is 4.98 Å². The second kappa shape index (κ2) is 5.10. The molecule has 2 rings (SSSR count). The van der Waals surface area contributed by atoms with Gasteiger partial charge in [-0.1, -0.05) is 0 Å². The second-order valence-corrected chi connectivity index (χ2v) is 4.89. The molecule has 0 spiro atoms. The van der Waals surface area contributed by atoms with E-state index in [1.165, 1.54) is 12.3 Å². The van der Waals surface area contributed by atoms with Gasteiger partial charge in [0.2, 0.25) is 5.88 Å². The summed E-state index contributed by atoms with van der Waals surface area (Å²) in [5, 5.41) is 0. The Morgan fingerprint density at radius 3 is 2.53 bits per heavy atom. The largest absolute Gasteiger partial charge is 0.435 e. The smallest absolute Gasteiger partial charge is 0.233 e. The van der Waals surface area contributed by atoms with Crippen LogP contribution < -0.4 is 4.74 Å². The zero-order chi connectivity index (χ0) is 12.4. The Bertz CT molecular complexity index is 514. The van der Waals surface area contributed by atoms with Crippen LogP contribution >= 0.6 is 31.9 Å². The molecule has 0 radical (unpaired) electrons. The summed E-state index contributed by atoms with van der Waals surface area (Å²) < 4.78 is 32.6. The van der Waals surface area contributed by atoms with E-state index in [-0.39, 0.29) is 11.6 Å². The maximum atomic E-state index is 13.3. The Labute approximate surface area is 113 Å². The monoisotopic (exact) mass is 363 g/mol. The van der Waals surface area contributed by atoms with Gasteiger partial charge in [-0.3, -0.25) is 0 Å². The van der Waals surface area contributed by atoms with E-state index in [4.69, 9.17) is 4.74 Å². The van der Waals surface area contributed by atoms with E-state index in [0.717, 1.165) is 16.6 Å². The minimum Gasteiger partial charge on any atom is -0.435 e. The van der Waals surface area contributed by atoms with Crippen LogP contribution in [0.3, 0.4) is 0 Å². The van der Waals surface area contributed by atoms with Crippen LogP contribution in [0.2, 0.25) is 0 Å². The molecule has 88 valence electrons. The van der Waals surface area contributed by atoms with Gasteiger partial charge in [-0.2, -0.15) is 0 Å². The number of nitrogens with zero attached hydrogens (tertiary/aromatic N) is 1. The van der Waals surface area contributed by atoms with Crippen LogP contribution in [-0.4, -0.2) is 4.98 Å². The van der Waals surface area contributed by atoms with Crippen molar-refractivity contribution >= 4 is 31.9 Å². The highest BCUT2D eigenvalue weighted by molar-refractivity contribution is 9.11. The van der Waals surface area contributed by atoms with Crippen molar-refractivity contribution in [2.45, 2.75) is 0 Å². The summed E-state index contributed by atoms with van der Waals surface area (Å²) in [4.78, 5) is 3.96. The van der Waals surface area contributed by atoms with Crippen molar-refractivity contribution in [1.29, 1.82) is 0 Å². The highest BCUT2D eigenvalue weighted by Crippen LogP contribution is 2.30. The molecule has 0 aliphatic carbocycles. The SMILES string of the molecule is Fc1ccc(Oc2ncc(Br)cc2Br)c(F)c1. The number of hydrogen-bond donors (Lipinski definition) is 0. The molecule has 0 N–H and O–H groups in total. The number of rotatable bonds is 2. The van der Waals surface area contributed by atoms with Gasteiger partial charge in [0.15, 0.2) is 11.6 Å². The molecule has 0 saturated carbocycles. The molecule has 1 aromatic heterocycles. The summed E-state index contributed by atoms with van der Waals surface area (Å²) in [5.74, 6) is -1.31. The number of ether oxygens (including phenoxy) is 1. The molecule has 2 nitrogen and oxygen atoms in total. The zero-order valence-electron chi connectivity index (χ0n) is 8.25. The van der Waals surface area contributed by atoms with Gasteiger partial charge in [-0.25, -0.2) is 13.8 Å². The van der Waals surface area contributed by atoms with Gasteiger partial charge in [0.25, 0.3) is 0 Å². The third-order valence-electron chi connectivity index (χ3n) is 1.87. The number of halogens is 4. The molecule has 0 aliphatic rings. The van der Waals surface area contributed by atoms with E-state index in [1.54, 1.807) is 6.07 Å². The first-order valence-corrected chi connectivity index (χ1v) is 6.09. The molecule has 0 unspecified atom stereocenters. The van der Waals surface area contributed by atoms with Crippen LogP contribution in [0.15, 0.2) is 39.4 Å². The molecule has 17 heavy (non-hydrogen) atoms. The molecule has 0 fully saturated rings. The lowest BCUT2D eigenvalue weighted by atomic mass is 10.3. The van der Waals surface area contributed by atoms with Gasteiger partial charge in [0.05, 0.1) is 4.47 Å². The third-order valence-corrected chi connectivity index (χ3v) is 2.88. The standard InChI is InChI=1S/C11H5Br2F2NO/c12-6-3-8(13)11(16-5-6)17-10-2-1-7(14)4-9(10)15/h1-5H. The lowest BCUT2D eigenvalue weighted by Gasteiger charge is -2.07. The fraction of sp³-hybridized carbons (Fsp3) is 0. The summed E-state index contributed by atoms with van der Waals surface area (Å²) in [5.41, 5.74) is 0. The van der Waals surface area contributed by atoms with Crippen molar-refractivity contribution in [3.05, 3.63) is 51.0 Å². The highest BCUT2D eigenvalue weighted by atomic mass is 79.9. The van der Waals surface area contributed by atoms with Crippen LogP contribution in [0, 0.1) is 11.6 Å². The fourth-order valence-electron chi connectivity index (χ4n) is 1.14. The van der Waals surface area contributed by atoms with Gasteiger partial charge >= 0.3 is 0 Å². The first-order valence-electron chi connectivity index (χ1n) is 4.50. The van der Waals surface area contributed by atoms with Gasteiger partial charge in [0.1, 0.15) is 5.82 Å². The third kappa shape index (κ3) is 3.01. The Balaban J connectivity index is 2.31. The van der Waals surface area contributed by atoms with Gasteiger partial charge < -0.3 is 4.74 Å². The molecular formula is C11H5Br2F2NO. The first-order chi connectivity index (χ1) is 8.06. The maximum Gasteiger partial charge on any atom is 0.233 e. The zero-order valence-corrected chi connectivity index (χ0v) is 11.4. The maximum absolute atomic E-state index is 13.3. The molecule has 1 heterocycles. The van der Waals surface area contributed by atoms with E-state index < -0.39 is 11.6 Å². The minimum absolute atomic E-state index is 0.0816. The topological polar surface area (TPSA) is 22.1 Å². The lowest BCUT2D eigenvalue weighted by molar-refractivity contribution is 0.421. The molecule has 0 amide bonds. The van der Waals surface area contributed by atoms with Gasteiger partial charge in [-0.05, 0) is 50.1 Å². The first kappa shape index (κ1) is 12.4. The predicted octanol–water partition coefficient (Wildman–Crippen LogP) is 4.68. The van der Waals surface area contributed by atoms with Crippen LogP contribution in [0.25, 0.3) is 0 Å². The molecule has 6 heteroatoms. The van der Waals surface area contributed by atoms with Crippen molar-refractivity contribution in [2.24, 2.45) is 0 Å². The second-order valence-electron chi connectivity index (χ2n) is 3.12. The average Bonchev–Trinajstić information content (AvgIpc) is 2.25. The number of aromatic nitrogens is 1. The normalized spacial score (nSPS) is 10.4. The van der Waals surface area contributed by atoms with Crippen LogP contribution in [0.5, 0.6) is 11.6 Å². The predicted molar refractivity (Wildman–Crippen MR) is 66.1 cm³/mol. The molecule has 0 atom stereocenters. The Morgan fingerprint density at radius 2 is 1.88 bits per heavy atom. The molecule has 1 aromatic carbocycles. The Kier molecular flexibility index (Phi) is 3.73.